The Bertz CT molecular complexity index is 395. The van der Waals surface area contributed by atoms with Crippen LogP contribution in [0.1, 0.15) is 48.9 Å². The molecule has 0 saturated heterocycles. The van der Waals surface area contributed by atoms with Crippen molar-refractivity contribution in [2.45, 2.75) is 38.5 Å². The summed E-state index contributed by atoms with van der Waals surface area (Å²) in [7, 11) is 0. The second-order valence-electron chi connectivity index (χ2n) is 5.12. The van der Waals surface area contributed by atoms with E-state index in [0.717, 1.165) is 18.2 Å². The van der Waals surface area contributed by atoms with Crippen molar-refractivity contribution in [3.63, 3.8) is 0 Å². The van der Waals surface area contributed by atoms with Crippen molar-refractivity contribution in [1.82, 2.24) is 0 Å². The van der Waals surface area contributed by atoms with E-state index in [2.05, 4.69) is 5.32 Å². The predicted octanol–water partition coefficient (Wildman–Crippen LogP) is 3.77. The first kappa shape index (κ1) is 12.9. The van der Waals surface area contributed by atoms with Gasteiger partial charge in [0.1, 0.15) is 0 Å². The van der Waals surface area contributed by atoms with E-state index < -0.39 is 5.97 Å². The average molecular weight is 247 g/mol. The molecule has 1 aliphatic rings. The van der Waals surface area contributed by atoms with Crippen LogP contribution in [0.2, 0.25) is 0 Å². The van der Waals surface area contributed by atoms with Gasteiger partial charge in [0.25, 0.3) is 0 Å². The van der Waals surface area contributed by atoms with Crippen LogP contribution in [0.25, 0.3) is 0 Å². The average Bonchev–Trinajstić information content (AvgIpc) is 2.65. The van der Waals surface area contributed by atoms with Crippen molar-refractivity contribution < 1.29 is 9.90 Å². The number of carboxylic acid groups (broad SMARTS) is 1. The minimum absolute atomic E-state index is 0.348. The lowest BCUT2D eigenvalue weighted by molar-refractivity contribution is 0.0697. The second kappa shape index (κ2) is 6.43. The van der Waals surface area contributed by atoms with Crippen LogP contribution in [-0.4, -0.2) is 17.6 Å². The summed E-state index contributed by atoms with van der Waals surface area (Å²) < 4.78 is 0. The number of hydrogen-bond donors (Lipinski definition) is 2. The van der Waals surface area contributed by atoms with E-state index in [9.17, 15) is 4.79 Å². The summed E-state index contributed by atoms with van der Waals surface area (Å²) in [5.74, 6) is -0.130. The molecule has 0 bridgehead atoms. The van der Waals surface area contributed by atoms with Gasteiger partial charge in [-0.25, -0.2) is 4.79 Å². The van der Waals surface area contributed by atoms with E-state index in [0.29, 0.717) is 5.56 Å². The highest BCUT2D eigenvalue weighted by Crippen LogP contribution is 2.23. The van der Waals surface area contributed by atoms with Crippen molar-refractivity contribution in [3.8, 4) is 0 Å². The monoisotopic (exact) mass is 247 g/mol. The smallest absolute Gasteiger partial charge is 0.335 e. The Kier molecular flexibility index (Phi) is 4.62. The lowest BCUT2D eigenvalue weighted by atomic mass is 10.0. The van der Waals surface area contributed by atoms with Crippen molar-refractivity contribution >= 4 is 11.7 Å². The zero-order chi connectivity index (χ0) is 12.8. The van der Waals surface area contributed by atoms with Gasteiger partial charge in [0, 0.05) is 12.2 Å². The maximum absolute atomic E-state index is 10.9. The van der Waals surface area contributed by atoms with E-state index in [1.807, 2.05) is 6.07 Å². The van der Waals surface area contributed by atoms with E-state index in [4.69, 9.17) is 5.11 Å². The summed E-state index contributed by atoms with van der Waals surface area (Å²) in [6.45, 7) is 0.961. The highest BCUT2D eigenvalue weighted by atomic mass is 16.4. The molecule has 0 heterocycles. The first-order valence-corrected chi connectivity index (χ1v) is 6.83. The molecule has 98 valence electrons. The molecule has 0 spiro atoms. The van der Waals surface area contributed by atoms with E-state index in [-0.39, 0.29) is 0 Å². The van der Waals surface area contributed by atoms with Gasteiger partial charge in [-0.15, -0.1) is 0 Å². The third-order valence-corrected chi connectivity index (χ3v) is 3.68. The standard InChI is InChI=1S/C15H21NO2/c17-15(18)13-8-5-9-14(10-13)16-11-12-6-3-1-2-4-7-12/h5,8-10,12,16H,1-4,6-7,11H2,(H,17,18). The maximum Gasteiger partial charge on any atom is 0.335 e. The van der Waals surface area contributed by atoms with Crippen LogP contribution < -0.4 is 5.32 Å². The molecule has 1 saturated carbocycles. The molecule has 0 radical (unpaired) electrons. The number of anilines is 1. The van der Waals surface area contributed by atoms with Crippen LogP contribution >= 0.6 is 0 Å². The molecule has 0 unspecified atom stereocenters. The largest absolute Gasteiger partial charge is 0.478 e. The fraction of sp³-hybridized carbons (Fsp3) is 0.533. The summed E-state index contributed by atoms with van der Waals surface area (Å²) in [6, 6.07) is 7.06. The van der Waals surface area contributed by atoms with Crippen LogP contribution in [0.15, 0.2) is 24.3 Å². The molecule has 1 aliphatic carbocycles. The van der Waals surface area contributed by atoms with Crippen LogP contribution in [0, 0.1) is 5.92 Å². The Labute approximate surface area is 108 Å². The zero-order valence-electron chi connectivity index (χ0n) is 10.7. The van der Waals surface area contributed by atoms with E-state index >= 15 is 0 Å². The Balaban J connectivity index is 1.88. The number of hydrogen-bond acceptors (Lipinski definition) is 2. The number of carbonyl (C=O) groups is 1. The summed E-state index contributed by atoms with van der Waals surface area (Å²) in [4.78, 5) is 10.9. The molecule has 1 aromatic rings. The predicted molar refractivity (Wildman–Crippen MR) is 73.1 cm³/mol. The molecular weight excluding hydrogens is 226 g/mol. The molecule has 18 heavy (non-hydrogen) atoms. The summed E-state index contributed by atoms with van der Waals surface area (Å²) in [6.07, 6.45) is 8.00. The number of carboxylic acids is 1. The van der Waals surface area contributed by atoms with Gasteiger partial charge < -0.3 is 10.4 Å². The van der Waals surface area contributed by atoms with Gasteiger partial charge in [0.15, 0.2) is 0 Å². The zero-order valence-corrected chi connectivity index (χ0v) is 10.7. The summed E-state index contributed by atoms with van der Waals surface area (Å²) in [5.41, 5.74) is 1.26. The number of rotatable bonds is 4. The van der Waals surface area contributed by atoms with Crippen LogP contribution in [0.3, 0.4) is 0 Å². The van der Waals surface area contributed by atoms with Gasteiger partial charge in [-0.3, -0.25) is 0 Å². The Hall–Kier alpha value is -1.51. The topological polar surface area (TPSA) is 49.3 Å². The van der Waals surface area contributed by atoms with Crippen molar-refractivity contribution in [2.75, 3.05) is 11.9 Å². The molecule has 0 amide bonds. The lowest BCUT2D eigenvalue weighted by Crippen LogP contribution is -2.13. The molecular formula is C15H21NO2. The first-order valence-electron chi connectivity index (χ1n) is 6.83. The molecule has 2 rings (SSSR count). The van der Waals surface area contributed by atoms with Crippen LogP contribution in [-0.2, 0) is 0 Å². The minimum Gasteiger partial charge on any atom is -0.478 e. The second-order valence-corrected chi connectivity index (χ2v) is 5.12. The summed E-state index contributed by atoms with van der Waals surface area (Å²) in [5, 5.41) is 12.3. The number of benzene rings is 1. The minimum atomic E-state index is -0.867. The van der Waals surface area contributed by atoms with Crippen LogP contribution in [0.4, 0.5) is 5.69 Å². The Morgan fingerprint density at radius 3 is 2.61 bits per heavy atom. The molecule has 3 nitrogen and oxygen atoms in total. The molecule has 0 aromatic heterocycles. The first-order chi connectivity index (χ1) is 8.75. The molecule has 1 aromatic carbocycles. The van der Waals surface area contributed by atoms with Gasteiger partial charge in [-0.05, 0) is 37.0 Å². The normalized spacial score (nSPS) is 17.1. The molecule has 0 atom stereocenters. The highest BCUT2D eigenvalue weighted by molar-refractivity contribution is 5.88. The van der Waals surface area contributed by atoms with Crippen LogP contribution in [0.5, 0.6) is 0 Å². The molecule has 3 heteroatoms. The Morgan fingerprint density at radius 1 is 1.22 bits per heavy atom. The van der Waals surface area contributed by atoms with E-state index in [1.165, 1.54) is 38.5 Å². The van der Waals surface area contributed by atoms with Gasteiger partial charge in [-0.2, -0.15) is 0 Å². The van der Waals surface area contributed by atoms with Crippen molar-refractivity contribution in [3.05, 3.63) is 29.8 Å². The van der Waals surface area contributed by atoms with Gasteiger partial charge >= 0.3 is 5.97 Å². The summed E-state index contributed by atoms with van der Waals surface area (Å²) >= 11 is 0. The maximum atomic E-state index is 10.9. The van der Waals surface area contributed by atoms with Gasteiger partial charge in [0.2, 0.25) is 0 Å². The fourth-order valence-electron chi connectivity index (χ4n) is 2.59. The number of nitrogens with one attached hydrogen (secondary N) is 1. The van der Waals surface area contributed by atoms with Crippen molar-refractivity contribution in [2.24, 2.45) is 5.92 Å². The van der Waals surface area contributed by atoms with Gasteiger partial charge in [-0.1, -0.05) is 31.7 Å². The van der Waals surface area contributed by atoms with E-state index in [1.54, 1.807) is 18.2 Å². The third kappa shape index (κ3) is 3.76. The SMILES string of the molecule is O=C(O)c1cccc(NCC2CCCCCC2)c1. The third-order valence-electron chi connectivity index (χ3n) is 3.68. The molecule has 2 N–H and O–H groups in total. The lowest BCUT2D eigenvalue weighted by Gasteiger charge is -2.15. The molecule has 0 aliphatic heterocycles. The number of aromatic carboxylic acids is 1. The fourth-order valence-corrected chi connectivity index (χ4v) is 2.59. The highest BCUT2D eigenvalue weighted by Gasteiger charge is 2.12. The van der Waals surface area contributed by atoms with Crippen molar-refractivity contribution in [1.29, 1.82) is 0 Å². The molecule has 1 fully saturated rings. The Morgan fingerprint density at radius 2 is 1.94 bits per heavy atom. The van der Waals surface area contributed by atoms with Gasteiger partial charge in [0.05, 0.1) is 5.56 Å². The quantitative estimate of drug-likeness (QED) is 0.796.